The Morgan fingerprint density at radius 3 is 2.73 bits per heavy atom. The standard InChI is InChI=1S/C10H9N3O2/c14-9-7(6-12-10(15)13-9)8-4-2-1-3-5-11-8/h1-6,11H,(H2,12,13,14,15). The molecule has 0 spiro atoms. The maximum atomic E-state index is 11.4. The van der Waals surface area contributed by atoms with Gasteiger partial charge >= 0.3 is 5.69 Å². The van der Waals surface area contributed by atoms with Crippen molar-refractivity contribution in [3.05, 3.63) is 63.1 Å². The number of nitrogens with one attached hydrogen (secondary N) is 3. The lowest BCUT2D eigenvalue weighted by molar-refractivity contribution is 1.01. The molecule has 5 nitrogen and oxygen atoms in total. The molecule has 5 heteroatoms. The zero-order valence-corrected chi connectivity index (χ0v) is 7.78. The summed E-state index contributed by atoms with van der Waals surface area (Å²) in [4.78, 5) is 26.8. The van der Waals surface area contributed by atoms with E-state index < -0.39 is 11.2 Å². The third kappa shape index (κ3) is 1.96. The van der Waals surface area contributed by atoms with Crippen molar-refractivity contribution >= 4 is 5.70 Å². The van der Waals surface area contributed by atoms with Gasteiger partial charge in [0, 0.05) is 12.4 Å². The first-order valence-corrected chi connectivity index (χ1v) is 4.40. The maximum Gasteiger partial charge on any atom is 0.325 e. The first-order valence-electron chi connectivity index (χ1n) is 4.40. The minimum atomic E-state index is -0.510. The predicted molar refractivity (Wildman–Crippen MR) is 57.1 cm³/mol. The summed E-state index contributed by atoms with van der Waals surface area (Å²) in [5, 5.41) is 2.93. The number of aromatic amines is 2. The smallest absolute Gasteiger partial charge is 0.325 e. The first kappa shape index (κ1) is 9.26. The second kappa shape index (κ2) is 3.83. The van der Waals surface area contributed by atoms with E-state index >= 15 is 0 Å². The number of rotatable bonds is 1. The third-order valence-corrected chi connectivity index (χ3v) is 1.93. The lowest BCUT2D eigenvalue weighted by Crippen LogP contribution is -2.26. The first-order chi connectivity index (χ1) is 7.27. The Kier molecular flexibility index (Phi) is 2.37. The molecular formula is C10H9N3O2. The Bertz CT molecular complexity index is 561. The van der Waals surface area contributed by atoms with E-state index in [0.29, 0.717) is 11.3 Å². The molecule has 0 saturated heterocycles. The van der Waals surface area contributed by atoms with E-state index in [1.54, 1.807) is 18.4 Å². The summed E-state index contributed by atoms with van der Waals surface area (Å²) in [5.74, 6) is 0. The Hall–Kier alpha value is -2.30. The molecule has 0 aliphatic carbocycles. The molecule has 0 fully saturated rings. The van der Waals surface area contributed by atoms with Crippen LogP contribution in [-0.2, 0) is 0 Å². The highest BCUT2D eigenvalue weighted by atomic mass is 16.2. The van der Waals surface area contributed by atoms with Crippen LogP contribution in [0.15, 0.2) is 46.3 Å². The van der Waals surface area contributed by atoms with Crippen LogP contribution in [0.25, 0.3) is 5.70 Å². The molecule has 0 radical (unpaired) electrons. The Morgan fingerprint density at radius 2 is 1.93 bits per heavy atom. The molecule has 0 saturated carbocycles. The van der Waals surface area contributed by atoms with Crippen molar-refractivity contribution in [1.29, 1.82) is 0 Å². The monoisotopic (exact) mass is 203 g/mol. The molecule has 3 N–H and O–H groups in total. The van der Waals surface area contributed by atoms with Crippen molar-refractivity contribution in [2.24, 2.45) is 0 Å². The van der Waals surface area contributed by atoms with Crippen molar-refractivity contribution in [2.45, 2.75) is 0 Å². The zero-order valence-electron chi connectivity index (χ0n) is 7.78. The molecule has 1 aromatic heterocycles. The summed E-state index contributed by atoms with van der Waals surface area (Å²) in [7, 11) is 0. The molecule has 2 rings (SSSR count). The van der Waals surface area contributed by atoms with Gasteiger partial charge in [-0.3, -0.25) is 9.78 Å². The maximum absolute atomic E-state index is 11.4. The molecule has 76 valence electrons. The van der Waals surface area contributed by atoms with Crippen LogP contribution in [0.5, 0.6) is 0 Å². The fraction of sp³-hybridized carbons (Fsp3) is 0. The van der Waals surface area contributed by atoms with E-state index in [9.17, 15) is 9.59 Å². The summed E-state index contributed by atoms with van der Waals surface area (Å²) in [6.07, 6.45) is 10.3. The SMILES string of the molecule is O=c1[nH]cc(C2=CC=CC=CN2)c(=O)[nH]1. The van der Waals surface area contributed by atoms with Gasteiger partial charge in [-0.05, 0) is 12.2 Å². The number of H-pyrrole nitrogens is 2. The second-order valence-electron chi connectivity index (χ2n) is 2.95. The lowest BCUT2D eigenvalue weighted by Gasteiger charge is -2.03. The Labute approximate surface area is 84.9 Å². The van der Waals surface area contributed by atoms with Gasteiger partial charge in [-0.2, -0.15) is 0 Å². The summed E-state index contributed by atoms with van der Waals surface area (Å²) in [6, 6.07) is 0. The van der Waals surface area contributed by atoms with Gasteiger partial charge in [0.2, 0.25) is 0 Å². The van der Waals surface area contributed by atoms with E-state index in [2.05, 4.69) is 15.3 Å². The van der Waals surface area contributed by atoms with Crippen LogP contribution in [0.1, 0.15) is 5.56 Å². The van der Waals surface area contributed by atoms with Gasteiger partial charge < -0.3 is 10.3 Å². The van der Waals surface area contributed by atoms with Gasteiger partial charge in [-0.25, -0.2) is 4.79 Å². The van der Waals surface area contributed by atoms with Crippen LogP contribution in [0, 0.1) is 0 Å². The molecule has 0 unspecified atom stereocenters. The van der Waals surface area contributed by atoms with Gasteiger partial charge in [-0.15, -0.1) is 0 Å². The predicted octanol–water partition coefficient (Wildman–Crippen LogP) is 0.0772. The highest BCUT2D eigenvalue weighted by Gasteiger charge is 2.05. The Balaban J connectivity index is 2.50. The minimum Gasteiger partial charge on any atom is -0.361 e. The van der Waals surface area contributed by atoms with Crippen molar-refractivity contribution in [3.63, 3.8) is 0 Å². The van der Waals surface area contributed by atoms with Crippen LogP contribution < -0.4 is 16.6 Å². The van der Waals surface area contributed by atoms with Crippen LogP contribution in [0.4, 0.5) is 0 Å². The summed E-state index contributed by atoms with van der Waals surface area (Å²) >= 11 is 0. The summed E-state index contributed by atoms with van der Waals surface area (Å²) in [5.41, 5.74) is 0.105. The minimum absolute atomic E-state index is 0.394. The normalized spacial score (nSPS) is 14.3. The number of hydrogen-bond donors (Lipinski definition) is 3. The molecule has 2 heterocycles. The molecule has 0 atom stereocenters. The van der Waals surface area contributed by atoms with Crippen LogP contribution in [0.2, 0.25) is 0 Å². The molecule has 1 aliphatic heterocycles. The van der Waals surface area contributed by atoms with E-state index in [4.69, 9.17) is 0 Å². The van der Waals surface area contributed by atoms with Crippen LogP contribution >= 0.6 is 0 Å². The van der Waals surface area contributed by atoms with Crippen molar-refractivity contribution in [3.8, 4) is 0 Å². The van der Waals surface area contributed by atoms with Gasteiger partial charge in [0.25, 0.3) is 5.56 Å². The van der Waals surface area contributed by atoms with Gasteiger partial charge in [0.1, 0.15) is 0 Å². The number of aromatic nitrogens is 2. The van der Waals surface area contributed by atoms with Gasteiger partial charge in [-0.1, -0.05) is 12.2 Å². The van der Waals surface area contributed by atoms with E-state index in [1.807, 2.05) is 12.2 Å². The van der Waals surface area contributed by atoms with Crippen molar-refractivity contribution in [1.82, 2.24) is 15.3 Å². The average Bonchev–Trinajstić information content (AvgIpc) is 2.46. The molecule has 0 bridgehead atoms. The van der Waals surface area contributed by atoms with Crippen LogP contribution in [-0.4, -0.2) is 9.97 Å². The Morgan fingerprint density at radius 1 is 1.07 bits per heavy atom. The molecule has 1 aliphatic rings. The fourth-order valence-electron chi connectivity index (χ4n) is 1.23. The third-order valence-electron chi connectivity index (χ3n) is 1.93. The number of allylic oxidation sites excluding steroid dienone is 4. The van der Waals surface area contributed by atoms with Gasteiger partial charge in [0.15, 0.2) is 0 Å². The molecular weight excluding hydrogens is 194 g/mol. The van der Waals surface area contributed by atoms with E-state index in [1.165, 1.54) is 6.20 Å². The summed E-state index contributed by atoms with van der Waals surface area (Å²) in [6.45, 7) is 0. The van der Waals surface area contributed by atoms with E-state index in [-0.39, 0.29) is 0 Å². The molecule has 15 heavy (non-hydrogen) atoms. The average molecular weight is 203 g/mol. The quantitative estimate of drug-likeness (QED) is 0.604. The second-order valence-corrected chi connectivity index (χ2v) is 2.95. The van der Waals surface area contributed by atoms with Gasteiger partial charge in [0.05, 0.1) is 11.3 Å². The summed E-state index contributed by atoms with van der Waals surface area (Å²) < 4.78 is 0. The van der Waals surface area contributed by atoms with Crippen LogP contribution in [0.3, 0.4) is 0 Å². The number of hydrogen-bond acceptors (Lipinski definition) is 3. The van der Waals surface area contributed by atoms with Crippen molar-refractivity contribution in [2.75, 3.05) is 0 Å². The molecule has 0 amide bonds. The highest BCUT2D eigenvalue weighted by Crippen LogP contribution is 2.05. The molecule has 1 aromatic rings. The fourth-order valence-corrected chi connectivity index (χ4v) is 1.23. The largest absolute Gasteiger partial charge is 0.361 e. The van der Waals surface area contributed by atoms with E-state index in [0.717, 1.165) is 0 Å². The zero-order chi connectivity index (χ0) is 10.7. The van der Waals surface area contributed by atoms with Crippen molar-refractivity contribution < 1.29 is 0 Å². The molecule has 0 aromatic carbocycles. The topological polar surface area (TPSA) is 77.8 Å². The lowest BCUT2D eigenvalue weighted by atomic mass is 10.2. The highest BCUT2D eigenvalue weighted by molar-refractivity contribution is 5.65.